The van der Waals surface area contributed by atoms with Crippen molar-refractivity contribution >= 4 is 41.4 Å². The van der Waals surface area contributed by atoms with Gasteiger partial charge < -0.3 is 41.7 Å². The fourth-order valence-electron chi connectivity index (χ4n) is 3.34. The molecule has 0 rings (SSSR count). The number of aliphatic hydroxyl groups is 2. The zero-order chi connectivity index (χ0) is 29.7. The number of carboxylic acid groups (broad SMARTS) is 2. The molecular formula is C23H38N4O11. The number of rotatable bonds is 17. The first-order valence-corrected chi connectivity index (χ1v) is 12.0. The van der Waals surface area contributed by atoms with Crippen LogP contribution in [0.1, 0.15) is 60.3 Å². The summed E-state index contributed by atoms with van der Waals surface area (Å²) < 4.78 is 0. The molecule has 0 aliphatic rings. The molecule has 0 spiro atoms. The number of aliphatic hydroxyl groups excluding tert-OH is 1. The number of Topliss-reactive ketones (excluding diaryl/α,β-unsaturated/α-hetero) is 1. The van der Waals surface area contributed by atoms with Crippen LogP contribution in [0.4, 0.5) is 0 Å². The maximum atomic E-state index is 13.0. The van der Waals surface area contributed by atoms with E-state index in [1.54, 1.807) is 13.8 Å². The van der Waals surface area contributed by atoms with Crippen LogP contribution < -0.4 is 21.3 Å². The fraction of sp³-hybridized carbons (Fsp3) is 0.696. The quantitative estimate of drug-likeness (QED) is 0.0915. The van der Waals surface area contributed by atoms with Crippen molar-refractivity contribution < 1.29 is 54.0 Å². The Morgan fingerprint density at radius 3 is 1.53 bits per heavy atom. The van der Waals surface area contributed by atoms with Crippen LogP contribution in [0.2, 0.25) is 0 Å². The van der Waals surface area contributed by atoms with Gasteiger partial charge in [-0.05, 0) is 12.3 Å². The van der Waals surface area contributed by atoms with Crippen molar-refractivity contribution in [2.45, 2.75) is 90.8 Å². The number of amides is 4. The van der Waals surface area contributed by atoms with E-state index in [2.05, 4.69) is 21.3 Å². The van der Waals surface area contributed by atoms with E-state index < -0.39 is 96.5 Å². The van der Waals surface area contributed by atoms with Gasteiger partial charge in [0.1, 0.15) is 18.1 Å². The number of nitrogens with one attached hydrogen (secondary N) is 4. The number of ketones is 1. The first-order valence-electron chi connectivity index (χ1n) is 12.0. The van der Waals surface area contributed by atoms with Gasteiger partial charge in [0, 0.05) is 19.3 Å². The molecule has 4 atom stereocenters. The van der Waals surface area contributed by atoms with E-state index in [0.717, 1.165) is 6.92 Å². The third kappa shape index (κ3) is 13.1. The normalized spacial score (nSPS) is 14.3. The summed E-state index contributed by atoms with van der Waals surface area (Å²) in [5.41, 5.74) is 0. The van der Waals surface area contributed by atoms with E-state index in [1.165, 1.54) is 13.8 Å². The van der Waals surface area contributed by atoms with Crippen LogP contribution >= 0.6 is 0 Å². The van der Waals surface area contributed by atoms with E-state index >= 15 is 0 Å². The first kappa shape index (κ1) is 34.4. The molecule has 0 aliphatic heterocycles. The lowest BCUT2D eigenvalue weighted by molar-refractivity contribution is -0.142. The molecule has 0 radical (unpaired) electrons. The van der Waals surface area contributed by atoms with E-state index in [0.29, 0.717) is 0 Å². The monoisotopic (exact) mass is 546 g/mol. The molecular weight excluding hydrogens is 508 g/mol. The number of aliphatic carboxylic acids is 2. The highest BCUT2D eigenvalue weighted by Crippen LogP contribution is 2.10. The molecule has 0 saturated heterocycles. The molecule has 0 aromatic carbocycles. The molecule has 0 bridgehead atoms. The summed E-state index contributed by atoms with van der Waals surface area (Å²) in [6.45, 7) is 7.25. The number of hydrogen-bond donors (Lipinski definition) is 8. The van der Waals surface area contributed by atoms with Crippen LogP contribution in [0.15, 0.2) is 0 Å². The summed E-state index contributed by atoms with van der Waals surface area (Å²) >= 11 is 0. The van der Waals surface area contributed by atoms with E-state index in [1.807, 2.05) is 0 Å². The second kappa shape index (κ2) is 16.3. The molecule has 0 fully saturated rings. The molecule has 15 nitrogen and oxygen atoms in total. The average molecular weight is 547 g/mol. The van der Waals surface area contributed by atoms with Gasteiger partial charge in [-0.15, -0.1) is 0 Å². The Bertz CT molecular complexity index is 873. The molecule has 4 amide bonds. The summed E-state index contributed by atoms with van der Waals surface area (Å²) in [6, 6.07) is -5.66. The molecule has 0 aromatic rings. The highest BCUT2D eigenvalue weighted by atomic mass is 16.5. The minimum atomic E-state index is -1.85. The van der Waals surface area contributed by atoms with Gasteiger partial charge in [0.05, 0.1) is 18.9 Å². The standard InChI is InChI=1S/C23H38N4O11/c1-10(2)19(23(38)26-14(8-17(31)32)20(35)11(3)4)27-21(36)13(6-7-16(29)30)25-22(37)15(9-18(33)34)24-12(5)28/h10-11,13-16,19,29-30H,6-9H2,1-5H3,(H,24,28)(H,25,37)(H,26,38)(H,27,36)(H,31,32)(H,33,34). The molecule has 216 valence electrons. The van der Waals surface area contributed by atoms with Gasteiger partial charge in [-0.2, -0.15) is 0 Å². The number of carbonyl (C=O) groups is 7. The van der Waals surface area contributed by atoms with Gasteiger partial charge in [-0.3, -0.25) is 33.6 Å². The number of carboxylic acids is 2. The molecule has 8 N–H and O–H groups in total. The molecule has 4 unspecified atom stereocenters. The Kier molecular flexibility index (Phi) is 14.8. The van der Waals surface area contributed by atoms with Gasteiger partial charge in [-0.25, -0.2) is 0 Å². The van der Waals surface area contributed by atoms with Crippen LogP contribution in [0.5, 0.6) is 0 Å². The van der Waals surface area contributed by atoms with Crippen LogP contribution in [0.25, 0.3) is 0 Å². The van der Waals surface area contributed by atoms with Gasteiger partial charge in [0.25, 0.3) is 0 Å². The van der Waals surface area contributed by atoms with Crippen molar-refractivity contribution in [3.63, 3.8) is 0 Å². The second-order valence-corrected chi connectivity index (χ2v) is 9.42. The van der Waals surface area contributed by atoms with Gasteiger partial charge >= 0.3 is 11.9 Å². The van der Waals surface area contributed by atoms with Gasteiger partial charge in [0.15, 0.2) is 12.1 Å². The predicted molar refractivity (Wildman–Crippen MR) is 130 cm³/mol. The third-order valence-corrected chi connectivity index (χ3v) is 5.27. The zero-order valence-corrected chi connectivity index (χ0v) is 22.0. The largest absolute Gasteiger partial charge is 0.481 e. The van der Waals surface area contributed by atoms with Crippen molar-refractivity contribution in [2.75, 3.05) is 0 Å². The molecule has 0 aromatic heterocycles. The minimum absolute atomic E-state index is 0.338. The Balaban J connectivity index is 5.84. The molecule has 38 heavy (non-hydrogen) atoms. The summed E-state index contributed by atoms with van der Waals surface area (Å²) in [7, 11) is 0. The zero-order valence-electron chi connectivity index (χ0n) is 22.0. The Morgan fingerprint density at radius 2 is 1.11 bits per heavy atom. The predicted octanol–water partition coefficient (Wildman–Crippen LogP) is -2.13. The SMILES string of the molecule is CC(=O)NC(CC(=O)O)C(=O)NC(CCC(O)O)C(=O)NC(C(=O)NC(CC(=O)O)C(=O)C(C)C)C(C)C. The van der Waals surface area contributed by atoms with Crippen molar-refractivity contribution in [1.82, 2.24) is 21.3 Å². The molecule has 15 heteroatoms. The first-order chi connectivity index (χ1) is 17.5. The molecule has 0 saturated carbocycles. The lowest BCUT2D eigenvalue weighted by Gasteiger charge is -2.28. The van der Waals surface area contributed by atoms with Crippen LogP contribution in [-0.4, -0.2) is 92.2 Å². The average Bonchev–Trinajstić information content (AvgIpc) is 2.76. The Hall–Kier alpha value is -3.59. The maximum Gasteiger partial charge on any atom is 0.305 e. The van der Waals surface area contributed by atoms with Crippen molar-refractivity contribution in [3.8, 4) is 0 Å². The molecule has 0 aliphatic carbocycles. The van der Waals surface area contributed by atoms with Crippen molar-refractivity contribution in [3.05, 3.63) is 0 Å². The number of hydrogen-bond acceptors (Lipinski definition) is 9. The van der Waals surface area contributed by atoms with E-state index in [-0.39, 0.29) is 12.8 Å². The van der Waals surface area contributed by atoms with Gasteiger partial charge in [0.2, 0.25) is 23.6 Å². The van der Waals surface area contributed by atoms with Crippen LogP contribution in [-0.2, 0) is 33.6 Å². The smallest absolute Gasteiger partial charge is 0.305 e. The van der Waals surface area contributed by atoms with Gasteiger partial charge in [-0.1, -0.05) is 27.7 Å². The Labute approximate surface area is 219 Å². The summed E-state index contributed by atoms with van der Waals surface area (Å²) in [6.07, 6.45) is -4.05. The number of carbonyl (C=O) groups excluding carboxylic acids is 5. The van der Waals surface area contributed by atoms with Crippen molar-refractivity contribution in [2.24, 2.45) is 11.8 Å². The third-order valence-electron chi connectivity index (χ3n) is 5.27. The Morgan fingerprint density at radius 1 is 0.632 bits per heavy atom. The fourth-order valence-corrected chi connectivity index (χ4v) is 3.34. The van der Waals surface area contributed by atoms with E-state index in [4.69, 9.17) is 10.2 Å². The van der Waals surface area contributed by atoms with Crippen molar-refractivity contribution in [1.29, 1.82) is 0 Å². The summed E-state index contributed by atoms with van der Waals surface area (Å²) in [5.74, 6) is -7.97. The highest BCUT2D eigenvalue weighted by molar-refractivity contribution is 5.97. The highest BCUT2D eigenvalue weighted by Gasteiger charge is 2.34. The topological polar surface area (TPSA) is 249 Å². The van der Waals surface area contributed by atoms with E-state index in [9.17, 15) is 43.8 Å². The lowest BCUT2D eigenvalue weighted by Crippen LogP contribution is -2.59. The maximum absolute atomic E-state index is 13.0. The van der Waals surface area contributed by atoms with Crippen LogP contribution in [0.3, 0.4) is 0 Å². The second-order valence-electron chi connectivity index (χ2n) is 9.42. The summed E-state index contributed by atoms with van der Waals surface area (Å²) in [4.78, 5) is 84.7. The molecule has 0 heterocycles. The van der Waals surface area contributed by atoms with Crippen LogP contribution in [0, 0.1) is 11.8 Å². The lowest BCUT2D eigenvalue weighted by atomic mass is 9.97. The summed E-state index contributed by atoms with van der Waals surface area (Å²) in [5, 5.41) is 45.7. The minimum Gasteiger partial charge on any atom is -0.481 e.